The highest BCUT2D eigenvalue weighted by Crippen LogP contribution is 2.40. The maximum absolute atomic E-state index is 10.9. The SMILES string of the molecule is C=CC(CC)(CCCCSc1ccccc1)C(C)CCCS(=O)(=O)O. The maximum atomic E-state index is 10.9. The first-order valence-electron chi connectivity index (χ1n) is 9.09. The molecule has 0 aliphatic heterocycles. The van der Waals surface area contributed by atoms with Crippen molar-refractivity contribution >= 4 is 21.9 Å². The van der Waals surface area contributed by atoms with Gasteiger partial charge in [0.15, 0.2) is 0 Å². The third kappa shape index (κ3) is 8.43. The number of hydrogen-bond donors (Lipinski definition) is 1. The largest absolute Gasteiger partial charge is 0.286 e. The van der Waals surface area contributed by atoms with Gasteiger partial charge in [-0.05, 0) is 61.3 Å². The van der Waals surface area contributed by atoms with Gasteiger partial charge in [-0.15, -0.1) is 18.3 Å². The molecule has 0 saturated heterocycles. The molecule has 1 rings (SSSR count). The van der Waals surface area contributed by atoms with E-state index in [1.807, 2.05) is 17.8 Å². The summed E-state index contributed by atoms with van der Waals surface area (Å²) >= 11 is 1.89. The Morgan fingerprint density at radius 2 is 1.92 bits per heavy atom. The zero-order valence-corrected chi connectivity index (χ0v) is 17.1. The number of allylic oxidation sites excluding steroid dienone is 1. The van der Waals surface area contributed by atoms with Crippen LogP contribution in [0.3, 0.4) is 0 Å². The second kappa shape index (κ2) is 11.0. The van der Waals surface area contributed by atoms with Gasteiger partial charge >= 0.3 is 0 Å². The standard InChI is InChI=1S/C20H32O3S2/c1-4-20(5-2,18(3)12-11-17-25(21,22)23)15-9-10-16-24-19-13-7-6-8-14-19/h4,6-8,13-14,18H,1,5,9-12,15-17H2,2-3H3,(H,21,22,23). The summed E-state index contributed by atoms with van der Waals surface area (Å²) in [5, 5.41) is 0. The fourth-order valence-electron chi connectivity index (χ4n) is 3.34. The van der Waals surface area contributed by atoms with Crippen LogP contribution in [-0.2, 0) is 10.1 Å². The Morgan fingerprint density at radius 3 is 2.48 bits per heavy atom. The van der Waals surface area contributed by atoms with E-state index in [1.54, 1.807) is 0 Å². The van der Waals surface area contributed by atoms with Crippen LogP contribution in [0.2, 0.25) is 0 Å². The van der Waals surface area contributed by atoms with Crippen molar-refractivity contribution in [3.8, 4) is 0 Å². The summed E-state index contributed by atoms with van der Waals surface area (Å²) in [4.78, 5) is 1.31. The minimum Gasteiger partial charge on any atom is -0.286 e. The molecule has 0 heterocycles. The molecule has 1 aromatic carbocycles. The summed E-state index contributed by atoms with van der Waals surface area (Å²) in [5.41, 5.74) is 0.0522. The summed E-state index contributed by atoms with van der Waals surface area (Å²) in [6.45, 7) is 8.41. The van der Waals surface area contributed by atoms with E-state index in [0.29, 0.717) is 12.3 Å². The van der Waals surface area contributed by atoms with Gasteiger partial charge in [0, 0.05) is 4.90 Å². The van der Waals surface area contributed by atoms with Crippen molar-refractivity contribution in [2.75, 3.05) is 11.5 Å². The van der Waals surface area contributed by atoms with Gasteiger partial charge in [-0.2, -0.15) is 8.42 Å². The van der Waals surface area contributed by atoms with Gasteiger partial charge in [0.1, 0.15) is 0 Å². The molecule has 0 fully saturated rings. The third-order valence-electron chi connectivity index (χ3n) is 5.13. The zero-order chi connectivity index (χ0) is 18.8. The number of hydrogen-bond acceptors (Lipinski definition) is 3. The summed E-state index contributed by atoms with van der Waals surface area (Å²) in [6, 6.07) is 10.4. The molecule has 0 aliphatic rings. The van der Waals surface area contributed by atoms with E-state index in [9.17, 15) is 8.42 Å². The lowest BCUT2D eigenvalue weighted by Crippen LogP contribution is -2.26. The van der Waals surface area contributed by atoms with Gasteiger partial charge < -0.3 is 0 Å². The van der Waals surface area contributed by atoms with Crippen molar-refractivity contribution in [1.29, 1.82) is 0 Å². The van der Waals surface area contributed by atoms with Crippen molar-refractivity contribution in [1.82, 2.24) is 0 Å². The van der Waals surface area contributed by atoms with Crippen LogP contribution in [0.25, 0.3) is 0 Å². The molecule has 25 heavy (non-hydrogen) atoms. The highest BCUT2D eigenvalue weighted by atomic mass is 32.2. The fourth-order valence-corrected chi connectivity index (χ4v) is 4.81. The highest BCUT2D eigenvalue weighted by Gasteiger charge is 2.30. The van der Waals surface area contributed by atoms with Crippen LogP contribution in [0, 0.1) is 11.3 Å². The van der Waals surface area contributed by atoms with Crippen LogP contribution in [0.15, 0.2) is 47.9 Å². The Kier molecular flexibility index (Phi) is 9.83. The minimum absolute atomic E-state index is 0.0522. The van der Waals surface area contributed by atoms with Crippen molar-refractivity contribution < 1.29 is 13.0 Å². The molecule has 0 saturated carbocycles. The van der Waals surface area contributed by atoms with Gasteiger partial charge in [-0.25, -0.2) is 0 Å². The van der Waals surface area contributed by atoms with Crippen LogP contribution in [0.4, 0.5) is 0 Å². The normalized spacial score (nSPS) is 15.5. The molecule has 0 aliphatic carbocycles. The third-order valence-corrected chi connectivity index (χ3v) is 7.04. The van der Waals surface area contributed by atoms with Crippen molar-refractivity contribution in [3.05, 3.63) is 43.0 Å². The summed E-state index contributed by atoms with van der Waals surface area (Å²) in [7, 11) is -3.86. The Bertz CT molecular complexity index is 599. The van der Waals surface area contributed by atoms with Crippen LogP contribution >= 0.6 is 11.8 Å². The van der Waals surface area contributed by atoms with Gasteiger partial charge in [-0.3, -0.25) is 4.55 Å². The molecule has 3 nitrogen and oxygen atoms in total. The van der Waals surface area contributed by atoms with E-state index in [2.05, 4.69) is 50.8 Å². The predicted molar refractivity (Wildman–Crippen MR) is 109 cm³/mol. The topological polar surface area (TPSA) is 54.4 Å². The molecule has 0 bridgehead atoms. The van der Waals surface area contributed by atoms with Crippen LogP contribution in [-0.4, -0.2) is 24.5 Å². The van der Waals surface area contributed by atoms with Crippen molar-refractivity contribution in [2.45, 2.75) is 57.3 Å². The molecule has 0 spiro atoms. The summed E-state index contributed by atoms with van der Waals surface area (Å²) in [5.74, 6) is 1.32. The van der Waals surface area contributed by atoms with E-state index in [-0.39, 0.29) is 11.2 Å². The first-order valence-corrected chi connectivity index (χ1v) is 11.7. The minimum atomic E-state index is -3.86. The summed E-state index contributed by atoms with van der Waals surface area (Å²) in [6.07, 6.45) is 7.74. The van der Waals surface area contributed by atoms with Gasteiger partial charge in [0.25, 0.3) is 10.1 Å². The monoisotopic (exact) mass is 384 g/mol. The Hall–Kier alpha value is -0.780. The highest BCUT2D eigenvalue weighted by molar-refractivity contribution is 7.99. The number of benzene rings is 1. The van der Waals surface area contributed by atoms with Crippen molar-refractivity contribution in [2.24, 2.45) is 11.3 Å². The number of unbranched alkanes of at least 4 members (excludes halogenated alkanes) is 1. The first-order chi connectivity index (χ1) is 11.8. The van der Waals surface area contributed by atoms with Gasteiger partial charge in [0.05, 0.1) is 5.75 Å². The molecule has 1 N–H and O–H groups in total. The number of rotatable bonds is 13. The first kappa shape index (κ1) is 22.3. The molecule has 0 radical (unpaired) electrons. The maximum Gasteiger partial charge on any atom is 0.264 e. The van der Waals surface area contributed by atoms with E-state index in [4.69, 9.17) is 4.55 Å². The molecule has 2 atom stereocenters. The molecular formula is C20H32O3S2. The van der Waals surface area contributed by atoms with E-state index in [1.165, 1.54) is 4.90 Å². The summed E-state index contributed by atoms with van der Waals surface area (Å²) < 4.78 is 30.7. The second-order valence-corrected chi connectivity index (χ2v) is 9.48. The molecule has 1 aromatic rings. The van der Waals surface area contributed by atoms with E-state index >= 15 is 0 Å². The lowest BCUT2D eigenvalue weighted by atomic mass is 9.69. The van der Waals surface area contributed by atoms with E-state index < -0.39 is 10.1 Å². The van der Waals surface area contributed by atoms with Gasteiger partial charge in [-0.1, -0.05) is 44.5 Å². The fraction of sp³-hybridized carbons (Fsp3) is 0.600. The molecule has 0 amide bonds. The lowest BCUT2D eigenvalue weighted by Gasteiger charge is -2.36. The predicted octanol–water partition coefficient (Wildman–Crippen LogP) is 5.84. The zero-order valence-electron chi connectivity index (χ0n) is 15.5. The lowest BCUT2D eigenvalue weighted by molar-refractivity contribution is 0.200. The molecule has 142 valence electrons. The molecular weight excluding hydrogens is 352 g/mol. The average molecular weight is 385 g/mol. The quantitative estimate of drug-likeness (QED) is 0.201. The smallest absolute Gasteiger partial charge is 0.264 e. The van der Waals surface area contributed by atoms with Crippen LogP contribution in [0.5, 0.6) is 0 Å². The second-order valence-electron chi connectivity index (χ2n) is 6.74. The number of thioether (sulfide) groups is 1. The van der Waals surface area contributed by atoms with E-state index in [0.717, 1.165) is 37.9 Å². The van der Waals surface area contributed by atoms with Crippen molar-refractivity contribution in [3.63, 3.8) is 0 Å². The molecule has 0 aromatic heterocycles. The molecule has 5 heteroatoms. The Morgan fingerprint density at radius 1 is 1.24 bits per heavy atom. The van der Waals surface area contributed by atoms with Crippen LogP contribution in [0.1, 0.15) is 52.4 Å². The average Bonchev–Trinajstić information content (AvgIpc) is 2.58. The Balaban J connectivity index is 2.41. The van der Waals surface area contributed by atoms with Gasteiger partial charge in [0.2, 0.25) is 0 Å². The Labute approximate surface area is 158 Å². The van der Waals surface area contributed by atoms with Crippen LogP contribution < -0.4 is 0 Å². The molecule has 2 unspecified atom stereocenters.